The molecule has 0 atom stereocenters. The van der Waals surface area contributed by atoms with Gasteiger partial charge in [-0.2, -0.15) is 0 Å². The molecule has 0 aromatic rings. The Morgan fingerprint density at radius 3 is 1.53 bits per heavy atom. The van der Waals surface area contributed by atoms with Crippen LogP contribution in [-0.2, 0) is 43.0 Å². The molecule has 0 aromatic heterocycles. The van der Waals surface area contributed by atoms with Crippen LogP contribution >= 0.6 is 59.9 Å². The number of hydrogen-bond donors (Lipinski definition) is 0. The third-order valence-corrected chi connectivity index (χ3v) is 3.18. The van der Waals surface area contributed by atoms with E-state index in [1.54, 1.807) is 13.0 Å². The average molecular weight is 829 g/mol. The molecule has 0 aromatic carbocycles. The molecular formula is C19H27I3NO8V. The van der Waals surface area contributed by atoms with Gasteiger partial charge in [0.2, 0.25) is 0 Å². The molecule has 0 radical (unpaired) electrons. The maximum absolute atomic E-state index is 11.8. The van der Waals surface area contributed by atoms with Crippen molar-refractivity contribution in [2.24, 2.45) is 5.92 Å². The average Bonchev–Trinajstić information content (AvgIpc) is 2.79. The van der Waals surface area contributed by atoms with Gasteiger partial charge in [0, 0.05) is 31.3 Å². The minimum absolute atomic E-state index is 0.147. The fourth-order valence-corrected chi connectivity index (χ4v) is 1.98. The fourth-order valence-electron chi connectivity index (χ4n) is 1.98. The van der Waals surface area contributed by atoms with Crippen molar-refractivity contribution in [3.05, 3.63) is 23.5 Å². The molecule has 32 heavy (non-hydrogen) atoms. The first kappa shape index (κ1) is 36.1. The molecule has 1 rings (SSSR count). The summed E-state index contributed by atoms with van der Waals surface area (Å²) in [4.78, 5) is 46.1. The molecule has 1 aliphatic rings. The van der Waals surface area contributed by atoms with Gasteiger partial charge >= 0.3 is 88.7 Å². The molecule has 0 amide bonds. The van der Waals surface area contributed by atoms with Gasteiger partial charge in [-0.1, -0.05) is 13.8 Å². The van der Waals surface area contributed by atoms with Gasteiger partial charge < -0.3 is 23.8 Å². The van der Waals surface area contributed by atoms with Crippen LogP contribution in [0.3, 0.4) is 0 Å². The quantitative estimate of drug-likeness (QED) is 0.138. The number of ether oxygens (including phenoxy) is 4. The fraction of sp³-hybridized carbons (Fsp3) is 0.474. The molecule has 0 saturated carbocycles. The van der Waals surface area contributed by atoms with E-state index >= 15 is 0 Å². The zero-order valence-corrected chi connectivity index (χ0v) is 26.7. The number of halogens is 3. The van der Waals surface area contributed by atoms with Crippen LogP contribution in [0.1, 0.15) is 20.3 Å². The van der Waals surface area contributed by atoms with E-state index in [4.69, 9.17) is 0 Å². The van der Waals surface area contributed by atoms with Crippen LogP contribution in [0.2, 0.25) is 0 Å². The van der Waals surface area contributed by atoms with Crippen molar-refractivity contribution in [1.29, 1.82) is 0 Å². The van der Waals surface area contributed by atoms with Gasteiger partial charge in [-0.3, -0.25) is 4.79 Å². The molecule has 0 fully saturated rings. The Balaban J connectivity index is -0.000000580. The summed E-state index contributed by atoms with van der Waals surface area (Å²) in [7, 11) is 6.59. The first-order valence-corrected chi connectivity index (χ1v) is 22.2. The number of rotatable bonds is 4. The summed E-state index contributed by atoms with van der Waals surface area (Å²) in [6.07, 6.45) is 7.42. The normalized spacial score (nSPS) is 11.9. The number of esters is 4. The zero-order chi connectivity index (χ0) is 25.9. The molecule has 0 N–H and O–H groups in total. The molecule has 0 bridgehead atoms. The maximum atomic E-state index is 11.8. The Hall–Kier alpha value is -0.506. The number of methoxy groups -OCH3 is 4. The van der Waals surface area contributed by atoms with E-state index in [1.807, 2.05) is 13.8 Å². The summed E-state index contributed by atoms with van der Waals surface area (Å²) in [6.45, 7) is 4.00. The monoisotopic (exact) mass is 829 g/mol. The van der Waals surface area contributed by atoms with E-state index < -0.39 is 29.8 Å². The van der Waals surface area contributed by atoms with Gasteiger partial charge in [0.25, 0.3) is 0 Å². The molecule has 182 valence electrons. The number of nitrogens with zero attached hydrogens (tertiary/aromatic N) is 1. The molecule has 0 aliphatic carbocycles. The van der Waals surface area contributed by atoms with Crippen LogP contribution in [0, 0.1) is 18.3 Å². The molecular weight excluding hydrogens is 802 g/mol. The van der Waals surface area contributed by atoms with Crippen molar-refractivity contribution in [3.63, 3.8) is 0 Å². The second-order valence-electron chi connectivity index (χ2n) is 4.98. The molecule has 1 aliphatic heterocycles. The summed E-state index contributed by atoms with van der Waals surface area (Å²) < 4.78 is 18.0. The Labute approximate surface area is 227 Å². The van der Waals surface area contributed by atoms with E-state index in [-0.39, 0.29) is 22.5 Å². The second kappa shape index (κ2) is 22.3. The van der Waals surface area contributed by atoms with Gasteiger partial charge in [-0.15, -0.1) is 6.42 Å². The van der Waals surface area contributed by atoms with Crippen LogP contribution < -0.4 is 0 Å². The summed E-state index contributed by atoms with van der Waals surface area (Å²) in [5.41, 5.74) is 0.395. The van der Waals surface area contributed by atoms with Crippen molar-refractivity contribution in [1.82, 2.24) is 4.90 Å². The van der Waals surface area contributed by atoms with E-state index in [0.29, 0.717) is 0 Å². The summed E-state index contributed by atoms with van der Waals surface area (Å²) in [6, 6.07) is 0. The molecule has 13 heteroatoms. The van der Waals surface area contributed by atoms with E-state index in [9.17, 15) is 19.2 Å². The number of carbonyl (C=O) groups is 4. The van der Waals surface area contributed by atoms with Gasteiger partial charge in [0.15, 0.2) is 0 Å². The van der Waals surface area contributed by atoms with Gasteiger partial charge in [0.1, 0.15) is 0 Å². The number of carbonyl (C=O) groups excluding carboxylic acids is 4. The molecule has 1 heterocycles. The van der Waals surface area contributed by atoms with Crippen molar-refractivity contribution < 1.29 is 43.0 Å². The van der Waals surface area contributed by atoms with Gasteiger partial charge in [-0.05, 0) is 0 Å². The van der Waals surface area contributed by atoms with Crippen molar-refractivity contribution in [2.75, 3.05) is 35.5 Å². The first-order chi connectivity index (χ1) is 15.0. The van der Waals surface area contributed by atoms with E-state index in [1.165, 1.54) is 45.7 Å². The third kappa shape index (κ3) is 17.0. The summed E-state index contributed by atoms with van der Waals surface area (Å²) >= 11 is 7.39. The Morgan fingerprint density at radius 2 is 1.31 bits per heavy atom. The minimum atomic E-state index is -0.751. The Bertz CT molecular complexity index is 683. The molecule has 9 nitrogen and oxygen atoms in total. The SMILES string of the molecule is C#CC(=O)OC.CC.COC(=O)CC1C(C(=O)OC)=CN(C)C=C1C(=O)OC.[I][V]([I])[I]. The van der Waals surface area contributed by atoms with Crippen LogP contribution in [0.5, 0.6) is 0 Å². The van der Waals surface area contributed by atoms with Crippen LogP contribution in [0.25, 0.3) is 0 Å². The van der Waals surface area contributed by atoms with Crippen LogP contribution in [-0.4, -0.2) is 64.3 Å². The number of terminal acetylenes is 1. The van der Waals surface area contributed by atoms with E-state index in [0.717, 1.165) is 0 Å². The Kier molecular flexibility index (Phi) is 25.1. The van der Waals surface area contributed by atoms with Crippen molar-refractivity contribution in [2.45, 2.75) is 20.3 Å². The van der Waals surface area contributed by atoms with E-state index in [2.05, 4.69) is 85.3 Å². The topological polar surface area (TPSA) is 108 Å². The third-order valence-electron chi connectivity index (χ3n) is 3.18. The summed E-state index contributed by atoms with van der Waals surface area (Å²) in [5, 5.41) is 0. The number of hydrogen-bond acceptors (Lipinski definition) is 9. The van der Waals surface area contributed by atoms with Crippen molar-refractivity contribution >= 4 is 83.8 Å². The predicted octanol–water partition coefficient (Wildman–Crippen LogP) is 3.70. The zero-order valence-electron chi connectivity index (χ0n) is 18.8. The van der Waals surface area contributed by atoms with Crippen molar-refractivity contribution in [3.8, 4) is 12.3 Å². The molecule has 0 saturated heterocycles. The molecule has 0 unspecified atom stereocenters. The van der Waals surface area contributed by atoms with Gasteiger partial charge in [-0.25, -0.2) is 14.4 Å². The first-order valence-electron chi connectivity index (χ1n) is 8.69. The van der Waals surface area contributed by atoms with Crippen LogP contribution in [0.4, 0.5) is 0 Å². The predicted molar refractivity (Wildman–Crippen MR) is 142 cm³/mol. The Morgan fingerprint density at radius 1 is 0.938 bits per heavy atom. The molecule has 0 spiro atoms. The van der Waals surface area contributed by atoms with Crippen LogP contribution in [0.15, 0.2) is 23.5 Å². The van der Waals surface area contributed by atoms with Gasteiger partial charge in [0.05, 0.1) is 46.0 Å². The summed E-state index contributed by atoms with van der Waals surface area (Å²) in [5.74, 6) is -1.39. The standard InChI is InChI=1S/C13H17NO6.C4H4O2.C2H6.3HI.V/c1-14-6-9(12(16)19-3)8(5-11(15)18-2)10(7-14)13(17)20-4;1-3-4(5)6-2;1-2;;;;/h6-8H,5H2,1-4H3;1H,2H3;1-2H3;3*1H;/q;;;;;;+3/p-3. The second-order valence-corrected chi connectivity index (χ2v) is 40.3.